The van der Waals surface area contributed by atoms with Crippen molar-refractivity contribution in [2.45, 2.75) is 25.3 Å². The van der Waals surface area contributed by atoms with Gasteiger partial charge in [0.05, 0.1) is 13.0 Å². The number of carbonyl (C=O) groups is 2. The Morgan fingerprint density at radius 3 is 2.86 bits per heavy atom. The first-order valence-electron chi connectivity index (χ1n) is 4.82. The van der Waals surface area contributed by atoms with Crippen molar-refractivity contribution in [3.05, 3.63) is 0 Å². The van der Waals surface area contributed by atoms with Gasteiger partial charge in [-0.25, -0.2) is 4.79 Å². The van der Waals surface area contributed by atoms with E-state index >= 15 is 0 Å². The van der Waals surface area contributed by atoms with E-state index in [4.69, 9.17) is 9.84 Å². The summed E-state index contributed by atoms with van der Waals surface area (Å²) < 4.78 is 4.93. The number of carboxylic acids is 1. The minimum absolute atomic E-state index is 0.0502. The van der Waals surface area contributed by atoms with Crippen LogP contribution in [0.15, 0.2) is 0 Å². The van der Waals surface area contributed by atoms with Crippen molar-refractivity contribution in [3.8, 4) is 0 Å². The van der Waals surface area contributed by atoms with Crippen molar-refractivity contribution in [2.24, 2.45) is 5.92 Å². The molecule has 0 aromatic carbocycles. The lowest BCUT2D eigenvalue weighted by atomic mass is 10.1. The lowest BCUT2D eigenvalue weighted by Gasteiger charge is -2.31. The molecule has 5 heteroatoms. The minimum Gasteiger partial charge on any atom is -0.481 e. The maximum absolute atomic E-state index is 11.3. The third kappa shape index (κ3) is 1.97. The van der Waals surface area contributed by atoms with Gasteiger partial charge in [-0.05, 0) is 12.8 Å². The number of aliphatic carboxylic acids is 1. The summed E-state index contributed by atoms with van der Waals surface area (Å²) in [6, 6.07) is 0.305. The molecule has 78 valence electrons. The number of carbonyl (C=O) groups excluding carboxylic acids is 1. The number of amides is 1. The molecular formula is C9H13NO4. The van der Waals surface area contributed by atoms with E-state index in [1.54, 1.807) is 4.90 Å². The van der Waals surface area contributed by atoms with Crippen LogP contribution in [0.25, 0.3) is 0 Å². The summed E-state index contributed by atoms with van der Waals surface area (Å²) in [7, 11) is 0. The molecule has 1 saturated carbocycles. The van der Waals surface area contributed by atoms with E-state index in [-0.39, 0.29) is 25.0 Å². The second kappa shape index (κ2) is 3.48. The van der Waals surface area contributed by atoms with Gasteiger partial charge in [-0.1, -0.05) is 0 Å². The molecular weight excluding hydrogens is 186 g/mol. The van der Waals surface area contributed by atoms with Gasteiger partial charge < -0.3 is 14.7 Å². The first kappa shape index (κ1) is 9.30. The Balaban J connectivity index is 1.91. The Kier molecular flexibility index (Phi) is 2.31. The Bertz CT molecular complexity index is 262. The predicted octanol–water partition coefficient (Wildman–Crippen LogP) is 0.692. The molecule has 0 bridgehead atoms. The van der Waals surface area contributed by atoms with Crippen molar-refractivity contribution in [3.63, 3.8) is 0 Å². The smallest absolute Gasteiger partial charge is 0.410 e. The first-order chi connectivity index (χ1) is 6.66. The normalized spacial score (nSPS) is 27.3. The second-order valence-corrected chi connectivity index (χ2v) is 3.92. The van der Waals surface area contributed by atoms with E-state index in [1.807, 2.05) is 0 Å². The number of carboxylic acid groups (broad SMARTS) is 1. The van der Waals surface area contributed by atoms with E-state index in [0.717, 1.165) is 12.8 Å². The molecule has 1 amide bonds. The van der Waals surface area contributed by atoms with Crippen molar-refractivity contribution in [1.29, 1.82) is 0 Å². The monoisotopic (exact) mass is 199 g/mol. The molecule has 2 fully saturated rings. The summed E-state index contributed by atoms with van der Waals surface area (Å²) >= 11 is 0. The van der Waals surface area contributed by atoms with Crippen LogP contribution in [0.4, 0.5) is 4.79 Å². The van der Waals surface area contributed by atoms with Gasteiger partial charge in [0.25, 0.3) is 0 Å². The number of hydrogen-bond acceptors (Lipinski definition) is 3. The largest absolute Gasteiger partial charge is 0.481 e. The fourth-order valence-electron chi connectivity index (χ4n) is 1.73. The van der Waals surface area contributed by atoms with E-state index in [2.05, 4.69) is 0 Å². The zero-order valence-corrected chi connectivity index (χ0v) is 7.81. The molecule has 1 atom stereocenters. The molecule has 1 aliphatic carbocycles. The fourth-order valence-corrected chi connectivity index (χ4v) is 1.73. The van der Waals surface area contributed by atoms with Crippen LogP contribution in [0, 0.1) is 5.92 Å². The summed E-state index contributed by atoms with van der Waals surface area (Å²) in [5.41, 5.74) is 0. The molecule has 1 aliphatic heterocycles. The number of rotatable bonds is 3. The maximum atomic E-state index is 11.3. The SMILES string of the molecule is O=C(O)CC1COC(=O)N(C2CC2)C1. The molecule has 5 nitrogen and oxygen atoms in total. The number of ether oxygens (including phenoxy) is 1. The lowest BCUT2D eigenvalue weighted by Crippen LogP contribution is -2.44. The summed E-state index contributed by atoms with van der Waals surface area (Å²) in [6.45, 7) is 0.782. The third-order valence-electron chi connectivity index (χ3n) is 2.58. The molecule has 1 saturated heterocycles. The average Bonchev–Trinajstić information content (AvgIpc) is 2.90. The molecule has 1 N–H and O–H groups in total. The highest BCUT2D eigenvalue weighted by atomic mass is 16.6. The molecule has 1 unspecified atom stereocenters. The predicted molar refractivity (Wildman–Crippen MR) is 46.8 cm³/mol. The van der Waals surface area contributed by atoms with Gasteiger partial charge in [0.15, 0.2) is 0 Å². The van der Waals surface area contributed by atoms with Crippen LogP contribution in [0.3, 0.4) is 0 Å². The number of hydrogen-bond donors (Lipinski definition) is 1. The highest BCUT2D eigenvalue weighted by molar-refractivity contribution is 5.70. The minimum atomic E-state index is -0.830. The van der Waals surface area contributed by atoms with Gasteiger partial charge >= 0.3 is 12.1 Å². The lowest BCUT2D eigenvalue weighted by molar-refractivity contribution is -0.139. The van der Waals surface area contributed by atoms with Gasteiger partial charge in [0.2, 0.25) is 0 Å². The Morgan fingerprint density at radius 1 is 1.57 bits per heavy atom. The van der Waals surface area contributed by atoms with Gasteiger partial charge in [0, 0.05) is 18.5 Å². The molecule has 2 rings (SSSR count). The van der Waals surface area contributed by atoms with Crippen LogP contribution in [0.1, 0.15) is 19.3 Å². The maximum Gasteiger partial charge on any atom is 0.410 e. The van der Waals surface area contributed by atoms with E-state index < -0.39 is 5.97 Å². The molecule has 0 spiro atoms. The van der Waals surface area contributed by atoms with Crippen LogP contribution in [-0.4, -0.2) is 41.3 Å². The molecule has 0 radical (unpaired) electrons. The van der Waals surface area contributed by atoms with Crippen LogP contribution in [0.5, 0.6) is 0 Å². The highest BCUT2D eigenvalue weighted by Gasteiger charge is 2.38. The molecule has 0 aromatic heterocycles. The first-order valence-corrected chi connectivity index (χ1v) is 4.82. The van der Waals surface area contributed by atoms with Crippen molar-refractivity contribution < 1.29 is 19.4 Å². The van der Waals surface area contributed by atoms with Gasteiger partial charge in [0.1, 0.15) is 0 Å². The van der Waals surface area contributed by atoms with Crippen LogP contribution in [0.2, 0.25) is 0 Å². The number of cyclic esters (lactones) is 1. The standard InChI is InChI=1S/C9H13NO4/c11-8(12)3-6-4-10(7-1-2-7)9(13)14-5-6/h6-7H,1-5H2,(H,11,12). The molecule has 1 heterocycles. The van der Waals surface area contributed by atoms with Crippen molar-refractivity contribution in [1.82, 2.24) is 4.90 Å². The zero-order chi connectivity index (χ0) is 10.1. The Morgan fingerprint density at radius 2 is 2.29 bits per heavy atom. The summed E-state index contributed by atoms with van der Waals surface area (Å²) in [4.78, 5) is 23.4. The highest BCUT2D eigenvalue weighted by Crippen LogP contribution is 2.30. The molecule has 14 heavy (non-hydrogen) atoms. The average molecular weight is 199 g/mol. The molecule has 0 aromatic rings. The Labute approximate surface area is 81.6 Å². The Hall–Kier alpha value is -1.26. The van der Waals surface area contributed by atoms with Crippen LogP contribution >= 0.6 is 0 Å². The van der Waals surface area contributed by atoms with E-state index in [9.17, 15) is 9.59 Å². The van der Waals surface area contributed by atoms with Crippen molar-refractivity contribution >= 4 is 12.1 Å². The molecule has 2 aliphatic rings. The van der Waals surface area contributed by atoms with Crippen molar-refractivity contribution in [2.75, 3.05) is 13.2 Å². The summed E-state index contributed by atoms with van der Waals surface area (Å²) in [5, 5.41) is 8.61. The van der Waals surface area contributed by atoms with Gasteiger partial charge in [-0.2, -0.15) is 0 Å². The quantitative estimate of drug-likeness (QED) is 0.726. The topological polar surface area (TPSA) is 66.8 Å². The van der Waals surface area contributed by atoms with E-state index in [1.165, 1.54) is 0 Å². The number of nitrogens with zero attached hydrogens (tertiary/aromatic N) is 1. The van der Waals surface area contributed by atoms with Gasteiger partial charge in [-0.15, -0.1) is 0 Å². The van der Waals surface area contributed by atoms with Crippen LogP contribution in [-0.2, 0) is 9.53 Å². The zero-order valence-electron chi connectivity index (χ0n) is 7.81. The van der Waals surface area contributed by atoms with Crippen LogP contribution < -0.4 is 0 Å². The summed E-state index contributed by atoms with van der Waals surface area (Å²) in [6.07, 6.45) is 1.84. The second-order valence-electron chi connectivity index (χ2n) is 3.92. The fraction of sp³-hybridized carbons (Fsp3) is 0.778. The summed E-state index contributed by atoms with van der Waals surface area (Å²) in [5.74, 6) is -0.880. The van der Waals surface area contributed by atoms with E-state index in [0.29, 0.717) is 12.6 Å². The van der Waals surface area contributed by atoms with Gasteiger partial charge in [-0.3, -0.25) is 4.79 Å². The third-order valence-corrected chi connectivity index (χ3v) is 2.58.